The highest BCUT2D eigenvalue weighted by molar-refractivity contribution is 5.76. The van der Waals surface area contributed by atoms with Gasteiger partial charge in [0.25, 0.3) is 0 Å². The minimum atomic E-state index is -0.921. The van der Waals surface area contributed by atoms with Crippen LogP contribution in [-0.2, 0) is 17.8 Å². The Morgan fingerprint density at radius 1 is 1.42 bits per heavy atom. The Balaban J connectivity index is 2.21. The lowest BCUT2D eigenvalue weighted by Gasteiger charge is -2.11. The molecule has 1 aromatic carbocycles. The number of aromatic nitrogens is 2. The normalized spacial score (nSPS) is 12.3. The first kappa shape index (κ1) is 13.3. The maximum absolute atomic E-state index is 12.9. The van der Waals surface area contributed by atoms with Gasteiger partial charge in [0.2, 0.25) is 0 Å². The third kappa shape index (κ3) is 3.19. The Morgan fingerprint density at radius 3 is 2.63 bits per heavy atom. The average molecular weight is 262 g/mol. The molecule has 0 bridgehead atoms. The minimum absolute atomic E-state index is 0.348. The van der Waals surface area contributed by atoms with Crippen molar-refractivity contribution in [1.29, 1.82) is 0 Å². The van der Waals surface area contributed by atoms with Gasteiger partial charge in [-0.25, -0.2) is 4.39 Å². The Morgan fingerprint density at radius 2 is 2.11 bits per heavy atom. The second-order valence-corrected chi connectivity index (χ2v) is 4.35. The molecule has 0 fully saturated rings. The predicted molar refractivity (Wildman–Crippen MR) is 68.4 cm³/mol. The summed E-state index contributed by atoms with van der Waals surface area (Å²) in [6, 6.07) is 5.58. The molecule has 0 saturated carbocycles. The van der Waals surface area contributed by atoms with E-state index in [1.54, 1.807) is 10.9 Å². The fourth-order valence-electron chi connectivity index (χ4n) is 1.96. The number of aryl methyl sites for hydroxylation is 1. The largest absolute Gasteiger partial charge is 0.481 e. The van der Waals surface area contributed by atoms with E-state index in [2.05, 4.69) is 5.10 Å². The molecule has 19 heavy (non-hydrogen) atoms. The summed E-state index contributed by atoms with van der Waals surface area (Å²) < 4.78 is 14.6. The van der Waals surface area contributed by atoms with Gasteiger partial charge in [-0.15, -0.1) is 0 Å². The van der Waals surface area contributed by atoms with Crippen LogP contribution in [0, 0.1) is 5.82 Å². The molecular weight excluding hydrogens is 247 g/mol. The number of hydrogen-bond acceptors (Lipinski definition) is 2. The molecular formula is C14H15FN2O2. The van der Waals surface area contributed by atoms with Crippen molar-refractivity contribution in [3.8, 4) is 0 Å². The lowest BCUT2D eigenvalue weighted by Crippen LogP contribution is -2.14. The van der Waals surface area contributed by atoms with Gasteiger partial charge in [0.05, 0.1) is 12.1 Å². The number of carboxylic acids is 1. The van der Waals surface area contributed by atoms with E-state index in [0.29, 0.717) is 12.0 Å². The number of nitrogens with zero attached hydrogens (tertiary/aromatic N) is 2. The van der Waals surface area contributed by atoms with E-state index in [1.165, 1.54) is 24.3 Å². The second kappa shape index (κ2) is 5.65. The van der Waals surface area contributed by atoms with Crippen LogP contribution in [0.5, 0.6) is 0 Å². The quantitative estimate of drug-likeness (QED) is 0.900. The van der Waals surface area contributed by atoms with Gasteiger partial charge in [-0.2, -0.15) is 5.10 Å². The van der Waals surface area contributed by atoms with Gasteiger partial charge >= 0.3 is 5.97 Å². The molecule has 4 nitrogen and oxygen atoms in total. The van der Waals surface area contributed by atoms with Crippen LogP contribution in [0.3, 0.4) is 0 Å². The highest BCUT2D eigenvalue weighted by atomic mass is 19.1. The Bertz CT molecular complexity index is 563. The van der Waals surface area contributed by atoms with Gasteiger partial charge in [0, 0.05) is 12.7 Å². The summed E-state index contributed by atoms with van der Waals surface area (Å²) >= 11 is 0. The highest BCUT2D eigenvalue weighted by Gasteiger charge is 2.21. The average Bonchev–Trinajstić information content (AvgIpc) is 2.85. The maximum Gasteiger partial charge on any atom is 0.311 e. The summed E-state index contributed by atoms with van der Waals surface area (Å²) in [7, 11) is 0. The van der Waals surface area contributed by atoms with Crippen molar-refractivity contribution < 1.29 is 14.3 Å². The fourth-order valence-corrected chi connectivity index (χ4v) is 1.96. The van der Waals surface area contributed by atoms with Crippen LogP contribution >= 0.6 is 0 Å². The summed E-state index contributed by atoms with van der Waals surface area (Å²) in [5.41, 5.74) is 1.46. The SMILES string of the molecule is CCn1cc(CC(C(=O)O)c2ccc(F)cc2)cn1. The smallest absolute Gasteiger partial charge is 0.311 e. The molecule has 0 saturated heterocycles. The molecule has 0 aliphatic carbocycles. The first-order chi connectivity index (χ1) is 9.10. The molecule has 0 radical (unpaired) electrons. The first-order valence-corrected chi connectivity index (χ1v) is 6.09. The lowest BCUT2D eigenvalue weighted by atomic mass is 9.93. The van der Waals surface area contributed by atoms with Crippen molar-refractivity contribution in [3.63, 3.8) is 0 Å². The zero-order valence-electron chi connectivity index (χ0n) is 10.6. The first-order valence-electron chi connectivity index (χ1n) is 6.09. The fraction of sp³-hybridized carbons (Fsp3) is 0.286. The Hall–Kier alpha value is -2.17. The van der Waals surface area contributed by atoms with E-state index < -0.39 is 11.9 Å². The summed E-state index contributed by atoms with van der Waals surface area (Å²) in [4.78, 5) is 11.3. The predicted octanol–water partition coefficient (Wildman–Crippen LogP) is 2.45. The van der Waals surface area contributed by atoms with Gasteiger partial charge in [-0.05, 0) is 36.6 Å². The van der Waals surface area contributed by atoms with Crippen LogP contribution in [-0.4, -0.2) is 20.9 Å². The monoisotopic (exact) mass is 262 g/mol. The molecule has 1 heterocycles. The van der Waals surface area contributed by atoms with Crippen LogP contribution in [0.4, 0.5) is 4.39 Å². The van der Waals surface area contributed by atoms with E-state index in [0.717, 1.165) is 12.1 Å². The molecule has 1 unspecified atom stereocenters. The summed E-state index contributed by atoms with van der Waals surface area (Å²) in [5, 5.41) is 13.4. The zero-order valence-corrected chi connectivity index (χ0v) is 10.6. The van der Waals surface area contributed by atoms with Gasteiger partial charge in [0.15, 0.2) is 0 Å². The molecule has 0 aliphatic rings. The number of aliphatic carboxylic acids is 1. The van der Waals surface area contributed by atoms with Crippen molar-refractivity contribution in [3.05, 3.63) is 53.6 Å². The molecule has 0 aliphatic heterocycles. The zero-order chi connectivity index (χ0) is 13.8. The van der Waals surface area contributed by atoms with Crippen molar-refractivity contribution >= 4 is 5.97 Å². The van der Waals surface area contributed by atoms with E-state index in [-0.39, 0.29) is 5.82 Å². The number of halogens is 1. The van der Waals surface area contributed by atoms with Crippen LogP contribution in [0.25, 0.3) is 0 Å². The van der Waals surface area contributed by atoms with Crippen LogP contribution < -0.4 is 0 Å². The van der Waals surface area contributed by atoms with Crippen LogP contribution in [0.1, 0.15) is 24.0 Å². The number of carboxylic acid groups (broad SMARTS) is 1. The molecule has 2 rings (SSSR count). The van der Waals surface area contributed by atoms with E-state index in [1.807, 2.05) is 13.1 Å². The van der Waals surface area contributed by atoms with E-state index in [9.17, 15) is 14.3 Å². The number of carbonyl (C=O) groups is 1. The van der Waals surface area contributed by atoms with E-state index in [4.69, 9.17) is 0 Å². The molecule has 1 N–H and O–H groups in total. The van der Waals surface area contributed by atoms with E-state index >= 15 is 0 Å². The van der Waals surface area contributed by atoms with Crippen molar-refractivity contribution in [2.75, 3.05) is 0 Å². The Labute approximate surface area is 110 Å². The third-order valence-electron chi connectivity index (χ3n) is 3.02. The summed E-state index contributed by atoms with van der Waals surface area (Å²) in [6.07, 6.45) is 3.85. The topological polar surface area (TPSA) is 55.1 Å². The number of rotatable bonds is 5. The molecule has 1 aromatic heterocycles. The minimum Gasteiger partial charge on any atom is -0.481 e. The van der Waals surface area contributed by atoms with Gasteiger partial charge in [0.1, 0.15) is 5.82 Å². The third-order valence-corrected chi connectivity index (χ3v) is 3.02. The van der Waals surface area contributed by atoms with Gasteiger partial charge in [-0.1, -0.05) is 12.1 Å². The summed E-state index contributed by atoms with van der Waals surface area (Å²) in [5.74, 6) is -1.97. The molecule has 2 aromatic rings. The number of hydrogen-bond donors (Lipinski definition) is 1. The molecule has 100 valence electrons. The van der Waals surface area contributed by atoms with Crippen LogP contribution in [0.15, 0.2) is 36.7 Å². The molecule has 0 spiro atoms. The summed E-state index contributed by atoms with van der Waals surface area (Å²) in [6.45, 7) is 2.71. The lowest BCUT2D eigenvalue weighted by molar-refractivity contribution is -0.138. The van der Waals surface area contributed by atoms with Gasteiger partial charge in [-0.3, -0.25) is 9.48 Å². The Kier molecular flexibility index (Phi) is 3.94. The van der Waals surface area contributed by atoms with Crippen molar-refractivity contribution in [2.45, 2.75) is 25.8 Å². The van der Waals surface area contributed by atoms with Crippen molar-refractivity contribution in [2.24, 2.45) is 0 Å². The second-order valence-electron chi connectivity index (χ2n) is 4.35. The van der Waals surface area contributed by atoms with Crippen LogP contribution in [0.2, 0.25) is 0 Å². The molecule has 5 heteroatoms. The van der Waals surface area contributed by atoms with Crippen molar-refractivity contribution in [1.82, 2.24) is 9.78 Å². The maximum atomic E-state index is 12.9. The standard InChI is InChI=1S/C14H15FN2O2/c1-2-17-9-10(8-16-17)7-13(14(18)19)11-3-5-12(15)6-4-11/h3-6,8-9,13H,2,7H2,1H3,(H,18,19). The van der Waals surface area contributed by atoms with Gasteiger partial charge < -0.3 is 5.11 Å². The molecule has 0 amide bonds. The highest BCUT2D eigenvalue weighted by Crippen LogP contribution is 2.21. The molecule has 1 atom stereocenters. The number of benzene rings is 1.